The molecule has 88 valence electrons. The molecule has 0 fully saturated rings. The average Bonchev–Trinajstić information content (AvgIpc) is 2.82. The van der Waals surface area contributed by atoms with E-state index in [1.54, 1.807) is 12.3 Å². The van der Waals surface area contributed by atoms with E-state index in [9.17, 15) is 4.79 Å². The maximum absolute atomic E-state index is 11.7. The quantitative estimate of drug-likeness (QED) is 0.844. The van der Waals surface area contributed by atoms with Gasteiger partial charge in [-0.15, -0.1) is 0 Å². The van der Waals surface area contributed by atoms with Gasteiger partial charge in [0.1, 0.15) is 0 Å². The topological polar surface area (TPSA) is 57.8 Å². The number of carbonyl (C=O) groups excluding carboxylic acids is 1. The van der Waals surface area contributed by atoms with Crippen molar-refractivity contribution in [2.45, 2.75) is 19.8 Å². The number of nitrogens with one attached hydrogen (secondary N) is 2. The van der Waals surface area contributed by atoms with Crippen LogP contribution in [0.25, 0.3) is 0 Å². The second kappa shape index (κ2) is 5.30. The van der Waals surface area contributed by atoms with Crippen LogP contribution in [0.4, 0.5) is 5.69 Å². The van der Waals surface area contributed by atoms with Crippen LogP contribution in [-0.2, 0) is 17.6 Å². The first-order valence-corrected chi connectivity index (χ1v) is 5.65. The third kappa shape index (κ3) is 3.17. The first-order valence-electron chi connectivity index (χ1n) is 5.65. The van der Waals surface area contributed by atoms with Gasteiger partial charge in [0.2, 0.25) is 5.91 Å². The molecule has 1 aromatic heterocycles. The van der Waals surface area contributed by atoms with E-state index < -0.39 is 0 Å². The predicted octanol–water partition coefficient (Wildman–Crippen LogP) is 2.15. The summed E-state index contributed by atoms with van der Waals surface area (Å²) in [6, 6.07) is 9.67. The molecule has 1 amide bonds. The van der Waals surface area contributed by atoms with Gasteiger partial charge in [-0.05, 0) is 30.2 Å². The molecule has 2 aromatic rings. The molecule has 4 nitrogen and oxygen atoms in total. The monoisotopic (exact) mass is 229 g/mol. The number of aromatic amines is 1. The van der Waals surface area contributed by atoms with Gasteiger partial charge in [-0.2, -0.15) is 5.10 Å². The van der Waals surface area contributed by atoms with Crippen LogP contribution in [0.2, 0.25) is 0 Å². The molecule has 0 radical (unpaired) electrons. The number of anilines is 1. The fourth-order valence-corrected chi connectivity index (χ4v) is 1.59. The van der Waals surface area contributed by atoms with Crippen molar-refractivity contribution in [1.29, 1.82) is 0 Å². The summed E-state index contributed by atoms with van der Waals surface area (Å²) in [5, 5.41) is 9.41. The lowest BCUT2D eigenvalue weighted by atomic mass is 10.1. The number of hydrogen-bond donors (Lipinski definition) is 2. The molecule has 4 heteroatoms. The summed E-state index contributed by atoms with van der Waals surface area (Å²) in [4.78, 5) is 11.7. The number of nitrogens with zero attached hydrogens (tertiary/aromatic N) is 1. The summed E-state index contributed by atoms with van der Waals surface area (Å²) in [6.07, 6.45) is 2.95. The number of rotatable bonds is 4. The summed E-state index contributed by atoms with van der Waals surface area (Å²) < 4.78 is 0. The Bertz CT molecular complexity index is 474. The Morgan fingerprint density at radius 2 is 2.06 bits per heavy atom. The van der Waals surface area contributed by atoms with Crippen molar-refractivity contribution in [3.05, 3.63) is 47.8 Å². The van der Waals surface area contributed by atoms with Crippen molar-refractivity contribution in [2.75, 3.05) is 5.32 Å². The number of aromatic nitrogens is 2. The van der Waals surface area contributed by atoms with Gasteiger partial charge >= 0.3 is 0 Å². The second-order valence-electron chi connectivity index (χ2n) is 3.86. The lowest BCUT2D eigenvalue weighted by Gasteiger charge is -2.05. The third-order valence-corrected chi connectivity index (χ3v) is 2.56. The van der Waals surface area contributed by atoms with E-state index in [0.29, 0.717) is 6.42 Å². The molecule has 1 heterocycles. The Labute approximate surface area is 100 Å². The van der Waals surface area contributed by atoms with E-state index in [4.69, 9.17) is 0 Å². The molecule has 0 aliphatic carbocycles. The molecule has 0 saturated carbocycles. The molecule has 0 atom stereocenters. The minimum absolute atomic E-state index is 0.0431. The Balaban J connectivity index is 1.93. The lowest BCUT2D eigenvalue weighted by molar-refractivity contribution is -0.115. The van der Waals surface area contributed by atoms with Crippen molar-refractivity contribution in [3.8, 4) is 0 Å². The van der Waals surface area contributed by atoms with E-state index in [1.807, 2.05) is 24.3 Å². The number of benzene rings is 1. The predicted molar refractivity (Wildman–Crippen MR) is 66.7 cm³/mol. The largest absolute Gasteiger partial charge is 0.326 e. The van der Waals surface area contributed by atoms with E-state index in [-0.39, 0.29) is 5.91 Å². The Hall–Kier alpha value is -2.10. The van der Waals surface area contributed by atoms with Crippen LogP contribution in [-0.4, -0.2) is 16.1 Å². The molecule has 0 spiro atoms. The van der Waals surface area contributed by atoms with Crippen LogP contribution in [0.3, 0.4) is 0 Å². The Morgan fingerprint density at radius 3 is 2.65 bits per heavy atom. The average molecular weight is 229 g/mol. The lowest BCUT2D eigenvalue weighted by Crippen LogP contribution is -2.14. The summed E-state index contributed by atoms with van der Waals surface area (Å²) >= 11 is 0. The molecule has 0 aliphatic rings. The van der Waals surface area contributed by atoms with Gasteiger partial charge in [-0.3, -0.25) is 9.89 Å². The fourth-order valence-electron chi connectivity index (χ4n) is 1.59. The van der Waals surface area contributed by atoms with Gasteiger partial charge in [0.15, 0.2) is 0 Å². The summed E-state index contributed by atoms with van der Waals surface area (Å²) in [5.41, 5.74) is 2.90. The van der Waals surface area contributed by atoms with Gasteiger partial charge in [0.05, 0.1) is 6.42 Å². The maximum Gasteiger partial charge on any atom is 0.230 e. The number of aryl methyl sites for hydroxylation is 1. The van der Waals surface area contributed by atoms with E-state index >= 15 is 0 Å². The van der Waals surface area contributed by atoms with Gasteiger partial charge in [-0.25, -0.2) is 0 Å². The maximum atomic E-state index is 11.7. The second-order valence-corrected chi connectivity index (χ2v) is 3.86. The normalized spacial score (nSPS) is 10.2. The first kappa shape index (κ1) is 11.4. The molecule has 0 aliphatic heterocycles. The number of amides is 1. The van der Waals surface area contributed by atoms with Gasteiger partial charge < -0.3 is 5.32 Å². The van der Waals surface area contributed by atoms with Crippen LogP contribution >= 0.6 is 0 Å². The molecule has 2 N–H and O–H groups in total. The smallest absolute Gasteiger partial charge is 0.230 e. The molecule has 0 bridgehead atoms. The Morgan fingerprint density at radius 1 is 1.29 bits per heavy atom. The Kier molecular flexibility index (Phi) is 3.55. The summed E-state index contributed by atoms with van der Waals surface area (Å²) in [6.45, 7) is 2.10. The summed E-state index contributed by atoms with van der Waals surface area (Å²) in [7, 11) is 0. The van der Waals surface area contributed by atoms with Crippen molar-refractivity contribution in [3.63, 3.8) is 0 Å². The van der Waals surface area contributed by atoms with Crippen molar-refractivity contribution in [2.24, 2.45) is 0 Å². The minimum atomic E-state index is -0.0431. The van der Waals surface area contributed by atoms with Crippen LogP contribution in [0.5, 0.6) is 0 Å². The number of H-pyrrole nitrogens is 1. The molecular weight excluding hydrogens is 214 g/mol. The van der Waals surface area contributed by atoms with E-state index in [2.05, 4.69) is 22.4 Å². The molecular formula is C13H15N3O. The van der Waals surface area contributed by atoms with Crippen molar-refractivity contribution in [1.82, 2.24) is 10.2 Å². The fraction of sp³-hybridized carbons (Fsp3) is 0.231. The SMILES string of the molecule is CCc1ccc(NC(=O)Cc2ccn[nH]2)cc1. The molecule has 0 unspecified atom stereocenters. The summed E-state index contributed by atoms with van der Waals surface area (Å²) in [5.74, 6) is -0.0431. The van der Waals surface area contributed by atoms with Gasteiger partial charge in [0.25, 0.3) is 0 Å². The van der Waals surface area contributed by atoms with Crippen LogP contribution in [0, 0.1) is 0 Å². The van der Waals surface area contributed by atoms with Crippen molar-refractivity contribution < 1.29 is 4.79 Å². The van der Waals surface area contributed by atoms with E-state index in [0.717, 1.165) is 17.8 Å². The van der Waals surface area contributed by atoms with Gasteiger partial charge in [-0.1, -0.05) is 19.1 Å². The zero-order valence-corrected chi connectivity index (χ0v) is 9.73. The highest BCUT2D eigenvalue weighted by molar-refractivity contribution is 5.91. The molecule has 1 aromatic carbocycles. The molecule has 17 heavy (non-hydrogen) atoms. The van der Waals surface area contributed by atoms with Crippen LogP contribution in [0.15, 0.2) is 36.5 Å². The van der Waals surface area contributed by atoms with Crippen molar-refractivity contribution >= 4 is 11.6 Å². The number of hydrogen-bond acceptors (Lipinski definition) is 2. The standard InChI is InChI=1S/C13H15N3O/c1-2-10-3-5-11(6-4-10)15-13(17)9-12-7-8-14-16-12/h3-8H,2,9H2,1H3,(H,14,16)(H,15,17). The van der Waals surface area contributed by atoms with Crippen LogP contribution in [0.1, 0.15) is 18.2 Å². The minimum Gasteiger partial charge on any atom is -0.326 e. The zero-order chi connectivity index (χ0) is 12.1. The first-order chi connectivity index (χ1) is 8.28. The molecule has 2 rings (SSSR count). The molecule has 0 saturated heterocycles. The number of carbonyl (C=O) groups is 1. The highest BCUT2D eigenvalue weighted by Crippen LogP contribution is 2.10. The van der Waals surface area contributed by atoms with E-state index in [1.165, 1.54) is 5.56 Å². The van der Waals surface area contributed by atoms with Crippen LogP contribution < -0.4 is 5.32 Å². The zero-order valence-electron chi connectivity index (χ0n) is 9.73. The van der Waals surface area contributed by atoms with Gasteiger partial charge in [0, 0.05) is 17.6 Å². The highest BCUT2D eigenvalue weighted by Gasteiger charge is 2.04. The highest BCUT2D eigenvalue weighted by atomic mass is 16.1. The third-order valence-electron chi connectivity index (χ3n) is 2.56.